The third kappa shape index (κ3) is 1.94. The van der Waals surface area contributed by atoms with E-state index in [1.165, 1.54) is 37.2 Å². The molecule has 1 fully saturated rings. The molecule has 0 atom stereocenters. The molecular weight excluding hydrogens is 170 g/mol. The quantitative estimate of drug-likeness (QED) is 0.777. The average molecular weight is 183 g/mol. The first kappa shape index (κ1) is 7.98. The van der Waals surface area contributed by atoms with Crippen molar-refractivity contribution in [3.8, 4) is 0 Å². The highest BCUT2D eigenvalue weighted by Crippen LogP contribution is 2.29. The normalized spacial score (nSPS) is 17.3. The zero-order chi connectivity index (χ0) is 8.23. The smallest absolute Gasteiger partial charge is 0.202 e. The van der Waals surface area contributed by atoms with Gasteiger partial charge in [-0.25, -0.2) is 4.98 Å². The van der Waals surface area contributed by atoms with Crippen molar-refractivity contribution in [1.29, 1.82) is 0 Å². The Bertz CT molecular complexity index is 218. The van der Waals surface area contributed by atoms with E-state index in [-0.39, 0.29) is 0 Å². The van der Waals surface area contributed by atoms with Crippen molar-refractivity contribution >= 4 is 16.7 Å². The number of rotatable bonds is 4. The van der Waals surface area contributed by atoms with Crippen LogP contribution in [0, 0.1) is 5.92 Å². The van der Waals surface area contributed by atoms with Crippen molar-refractivity contribution in [2.45, 2.75) is 25.7 Å². The SMILES string of the molecule is c1nsc(NCCC2CCC2)n1. The molecule has 1 aromatic rings. The monoisotopic (exact) mass is 183 g/mol. The number of hydrogen-bond acceptors (Lipinski definition) is 4. The molecule has 1 aliphatic rings. The second kappa shape index (κ2) is 3.85. The summed E-state index contributed by atoms with van der Waals surface area (Å²) in [5.41, 5.74) is 0. The van der Waals surface area contributed by atoms with E-state index in [0.29, 0.717) is 0 Å². The maximum atomic E-state index is 4.05. The lowest BCUT2D eigenvalue weighted by molar-refractivity contribution is 0.303. The highest BCUT2D eigenvalue weighted by Gasteiger charge is 2.16. The van der Waals surface area contributed by atoms with Crippen molar-refractivity contribution in [3.05, 3.63) is 6.33 Å². The number of nitrogens with zero attached hydrogens (tertiary/aromatic N) is 2. The highest BCUT2D eigenvalue weighted by molar-refractivity contribution is 7.09. The number of anilines is 1. The van der Waals surface area contributed by atoms with Crippen LogP contribution in [0.3, 0.4) is 0 Å². The van der Waals surface area contributed by atoms with E-state index in [9.17, 15) is 0 Å². The Labute approximate surface area is 76.4 Å². The molecule has 3 nitrogen and oxygen atoms in total. The molecule has 1 saturated carbocycles. The fourth-order valence-electron chi connectivity index (χ4n) is 1.42. The molecule has 1 aromatic heterocycles. The molecule has 1 aliphatic carbocycles. The first-order valence-electron chi connectivity index (χ1n) is 4.46. The summed E-state index contributed by atoms with van der Waals surface area (Å²) >= 11 is 1.43. The zero-order valence-electron chi connectivity index (χ0n) is 6.99. The molecule has 0 saturated heterocycles. The van der Waals surface area contributed by atoms with Crippen LogP contribution in [-0.4, -0.2) is 15.9 Å². The van der Waals surface area contributed by atoms with E-state index < -0.39 is 0 Å². The third-order valence-corrected chi connectivity index (χ3v) is 3.04. The Morgan fingerprint density at radius 2 is 2.50 bits per heavy atom. The van der Waals surface area contributed by atoms with Gasteiger partial charge < -0.3 is 5.32 Å². The summed E-state index contributed by atoms with van der Waals surface area (Å²) in [4.78, 5) is 4.05. The topological polar surface area (TPSA) is 37.8 Å². The summed E-state index contributed by atoms with van der Waals surface area (Å²) < 4.78 is 3.92. The van der Waals surface area contributed by atoms with Gasteiger partial charge in [-0.2, -0.15) is 4.37 Å². The fourth-order valence-corrected chi connectivity index (χ4v) is 1.87. The maximum Gasteiger partial charge on any atom is 0.202 e. The van der Waals surface area contributed by atoms with E-state index in [2.05, 4.69) is 14.7 Å². The lowest BCUT2D eigenvalue weighted by Gasteiger charge is -2.24. The predicted molar refractivity (Wildman–Crippen MR) is 50.4 cm³/mol. The Morgan fingerprint density at radius 1 is 1.58 bits per heavy atom. The second-order valence-corrected chi connectivity index (χ2v) is 4.04. The van der Waals surface area contributed by atoms with Gasteiger partial charge in [0.2, 0.25) is 5.13 Å². The predicted octanol–water partition coefficient (Wildman–Crippen LogP) is 2.14. The summed E-state index contributed by atoms with van der Waals surface area (Å²) in [6.07, 6.45) is 7.18. The summed E-state index contributed by atoms with van der Waals surface area (Å²) in [5.74, 6) is 0.977. The summed E-state index contributed by atoms with van der Waals surface area (Å²) in [7, 11) is 0. The molecule has 1 N–H and O–H groups in total. The van der Waals surface area contributed by atoms with Gasteiger partial charge in [0.25, 0.3) is 0 Å². The minimum atomic E-state index is 0.953. The molecule has 0 amide bonds. The molecule has 12 heavy (non-hydrogen) atoms. The minimum absolute atomic E-state index is 0.953. The minimum Gasteiger partial charge on any atom is -0.360 e. The van der Waals surface area contributed by atoms with Crippen molar-refractivity contribution in [3.63, 3.8) is 0 Å². The molecule has 4 heteroatoms. The summed E-state index contributed by atoms with van der Waals surface area (Å²) in [6, 6.07) is 0. The fraction of sp³-hybridized carbons (Fsp3) is 0.750. The highest BCUT2D eigenvalue weighted by atomic mass is 32.1. The number of aromatic nitrogens is 2. The molecule has 0 aliphatic heterocycles. The largest absolute Gasteiger partial charge is 0.360 e. The second-order valence-electron chi connectivity index (χ2n) is 3.26. The standard InChI is InChI=1S/C8H13N3S/c1-2-7(3-1)4-5-9-8-10-6-11-12-8/h6-7H,1-5H2,(H,9,10,11). The molecule has 0 unspecified atom stereocenters. The molecule has 2 rings (SSSR count). The Balaban J connectivity index is 1.62. The van der Waals surface area contributed by atoms with E-state index in [0.717, 1.165) is 17.6 Å². The van der Waals surface area contributed by atoms with Gasteiger partial charge in [0.1, 0.15) is 6.33 Å². The Kier molecular flexibility index (Phi) is 2.56. The number of nitrogens with one attached hydrogen (secondary N) is 1. The molecular formula is C8H13N3S. The van der Waals surface area contributed by atoms with Gasteiger partial charge >= 0.3 is 0 Å². The van der Waals surface area contributed by atoms with Crippen LogP contribution in [0.2, 0.25) is 0 Å². The number of hydrogen-bond donors (Lipinski definition) is 1. The lowest BCUT2D eigenvalue weighted by atomic mass is 9.83. The van der Waals surface area contributed by atoms with Gasteiger partial charge in [-0.3, -0.25) is 0 Å². The van der Waals surface area contributed by atoms with Crippen LogP contribution in [0.4, 0.5) is 5.13 Å². The lowest BCUT2D eigenvalue weighted by Crippen LogP contribution is -2.15. The van der Waals surface area contributed by atoms with Crippen LogP contribution in [0.25, 0.3) is 0 Å². The Morgan fingerprint density at radius 3 is 3.08 bits per heavy atom. The van der Waals surface area contributed by atoms with Gasteiger partial charge in [-0.05, 0) is 12.3 Å². The molecule has 0 bridgehead atoms. The third-order valence-electron chi connectivity index (χ3n) is 2.41. The molecule has 1 heterocycles. The van der Waals surface area contributed by atoms with Gasteiger partial charge in [-0.15, -0.1) is 0 Å². The van der Waals surface area contributed by atoms with Crippen LogP contribution in [0.5, 0.6) is 0 Å². The maximum absolute atomic E-state index is 4.05. The van der Waals surface area contributed by atoms with Gasteiger partial charge in [0, 0.05) is 18.1 Å². The Hall–Kier alpha value is -0.640. The molecule has 0 radical (unpaired) electrons. The van der Waals surface area contributed by atoms with E-state index >= 15 is 0 Å². The molecule has 66 valence electrons. The van der Waals surface area contributed by atoms with Crippen LogP contribution < -0.4 is 5.32 Å². The van der Waals surface area contributed by atoms with Crippen molar-refractivity contribution in [2.75, 3.05) is 11.9 Å². The van der Waals surface area contributed by atoms with Crippen molar-refractivity contribution in [1.82, 2.24) is 9.36 Å². The first-order valence-corrected chi connectivity index (χ1v) is 5.23. The van der Waals surface area contributed by atoms with Gasteiger partial charge in [0.05, 0.1) is 0 Å². The zero-order valence-corrected chi connectivity index (χ0v) is 7.81. The van der Waals surface area contributed by atoms with Crippen molar-refractivity contribution in [2.24, 2.45) is 5.92 Å². The van der Waals surface area contributed by atoms with E-state index in [4.69, 9.17) is 0 Å². The van der Waals surface area contributed by atoms with Crippen LogP contribution in [-0.2, 0) is 0 Å². The molecule has 0 aromatic carbocycles. The molecule has 0 spiro atoms. The first-order chi connectivity index (χ1) is 5.95. The van der Waals surface area contributed by atoms with Gasteiger partial charge in [-0.1, -0.05) is 19.3 Å². The van der Waals surface area contributed by atoms with Crippen molar-refractivity contribution < 1.29 is 0 Å². The average Bonchev–Trinajstić information content (AvgIpc) is 2.46. The van der Waals surface area contributed by atoms with Crippen LogP contribution in [0.1, 0.15) is 25.7 Å². The van der Waals surface area contributed by atoms with E-state index in [1.54, 1.807) is 6.33 Å². The van der Waals surface area contributed by atoms with Gasteiger partial charge in [0.15, 0.2) is 0 Å². The van der Waals surface area contributed by atoms with Crippen LogP contribution in [0.15, 0.2) is 6.33 Å². The van der Waals surface area contributed by atoms with E-state index in [1.807, 2.05) is 0 Å². The van der Waals surface area contributed by atoms with Crippen LogP contribution >= 0.6 is 11.5 Å². The summed E-state index contributed by atoms with van der Waals surface area (Å²) in [6.45, 7) is 1.06. The summed E-state index contributed by atoms with van der Waals surface area (Å²) in [5, 5.41) is 4.22.